The lowest BCUT2D eigenvalue weighted by molar-refractivity contribution is -0.142. The number of carboxylic acids is 3. The van der Waals surface area contributed by atoms with E-state index in [0.29, 0.717) is 104 Å². The summed E-state index contributed by atoms with van der Waals surface area (Å²) >= 11 is 0. The van der Waals surface area contributed by atoms with E-state index in [9.17, 15) is 43.6 Å². The number of carboxylic acid groups (broad SMARTS) is 3. The summed E-state index contributed by atoms with van der Waals surface area (Å²) in [7, 11) is 0. The van der Waals surface area contributed by atoms with E-state index < -0.39 is 54.8 Å². The summed E-state index contributed by atoms with van der Waals surface area (Å²) in [6.07, 6.45) is 3.36. The zero-order valence-electron chi connectivity index (χ0n) is 48.5. The molecule has 0 spiro atoms. The summed E-state index contributed by atoms with van der Waals surface area (Å²) in [4.78, 5) is 101. The molecule has 1 aromatic carbocycles. The van der Waals surface area contributed by atoms with E-state index in [2.05, 4.69) is 16.0 Å². The first-order chi connectivity index (χ1) is 38.9. The van der Waals surface area contributed by atoms with Gasteiger partial charge in [0.25, 0.3) is 0 Å². The summed E-state index contributed by atoms with van der Waals surface area (Å²) in [5.74, 6) is -5.73. The Kier molecular flexibility index (Phi) is 43.0. The number of carbonyl (C=O) groups excluding carboxylic acids is 5. The lowest BCUT2D eigenvalue weighted by Gasteiger charge is -2.29. The number of benzene rings is 1. The predicted octanol–water partition coefficient (Wildman–Crippen LogP) is 0.990. The van der Waals surface area contributed by atoms with Gasteiger partial charge in [0.15, 0.2) is 5.78 Å². The number of carbonyl (C=O) groups is 8. The van der Waals surface area contributed by atoms with Crippen molar-refractivity contribution < 1.29 is 92.0 Å². The Labute approximate surface area is 477 Å². The summed E-state index contributed by atoms with van der Waals surface area (Å²) in [6.45, 7) is 16.7. The first-order valence-electron chi connectivity index (χ1n) is 28.1. The Hall–Kier alpha value is -5.26. The molecule has 0 fully saturated rings. The van der Waals surface area contributed by atoms with Crippen LogP contribution in [0.1, 0.15) is 78.7 Å². The maximum Gasteiger partial charge on any atom is 0.317 e. The van der Waals surface area contributed by atoms with Gasteiger partial charge in [0.1, 0.15) is 11.5 Å². The van der Waals surface area contributed by atoms with Crippen LogP contribution in [0.3, 0.4) is 0 Å². The number of hydrogen-bond acceptors (Lipinski definition) is 20. The number of ether oxygens (including phenoxy) is 7. The van der Waals surface area contributed by atoms with E-state index in [1.165, 1.54) is 16.7 Å². The van der Waals surface area contributed by atoms with Gasteiger partial charge < -0.3 is 64.4 Å². The maximum absolute atomic E-state index is 13.6. The Morgan fingerprint density at radius 3 is 1.74 bits per heavy atom. The largest absolute Gasteiger partial charge is 0.494 e. The highest BCUT2D eigenvalue weighted by Gasteiger charge is 2.36. The van der Waals surface area contributed by atoms with Crippen molar-refractivity contribution in [1.29, 1.82) is 0 Å². The molecule has 3 amide bonds. The quantitative estimate of drug-likeness (QED) is 0.0256. The Morgan fingerprint density at radius 1 is 0.667 bits per heavy atom. The fourth-order valence-corrected chi connectivity index (χ4v) is 8.35. The highest BCUT2D eigenvalue weighted by molar-refractivity contribution is 5.92. The first-order valence-corrected chi connectivity index (χ1v) is 28.1. The van der Waals surface area contributed by atoms with E-state index in [-0.39, 0.29) is 94.7 Å². The number of hydroxylamine groups is 1. The summed E-state index contributed by atoms with van der Waals surface area (Å²) in [5.41, 5.74) is 2.62. The molecule has 0 radical (unpaired) electrons. The average molecular weight is 1160 g/mol. The molecule has 0 aliphatic carbocycles. The van der Waals surface area contributed by atoms with E-state index >= 15 is 0 Å². The molecule has 8 N–H and O–H groups in total. The SMILES string of the molecule is CCOCCCNCCOCCOCCOCCCC(=O)[C@@H]1Cc2ccc(cc2)OCCC[C@H](C(=O)NO)[C@@H](CC(C)C)C(=O)N1.CCOCCOCCNC(=O)CN(CCN(CC(C)=O)CC(=O)O)CCN(CC(=O)O)CC(=O)O. The van der Waals surface area contributed by atoms with Crippen LogP contribution < -0.4 is 26.2 Å². The van der Waals surface area contributed by atoms with Crippen LogP contribution in [0.5, 0.6) is 5.75 Å². The molecule has 0 unspecified atom stereocenters. The summed E-state index contributed by atoms with van der Waals surface area (Å²) < 4.78 is 38.4. The van der Waals surface area contributed by atoms with Crippen LogP contribution >= 0.6 is 0 Å². The topological polar surface area (TPSA) is 340 Å². The van der Waals surface area contributed by atoms with Crippen molar-refractivity contribution in [3.63, 3.8) is 0 Å². The molecule has 2 aliphatic rings. The zero-order valence-corrected chi connectivity index (χ0v) is 48.5. The standard InChI is InChI=1S/C34H57N3O9.C21H38N4O10/c1-4-42-17-7-14-35-15-19-44-21-23-45-22-20-43-16-6-9-32(38)31-25-27-10-12-28(13-11-27)46-18-5-8-29(34(40)37-41)30(24-26(2)3)33(39)36-31;1-3-34-10-11-35-9-4-22-18(27)13-23(5-7-24(12-17(2)26)14-19(28)29)6-8-25(15-20(30)31)16-21(32)33/h10-13,26,29-31,35,41H,4-9,14-25H2,1-3H3,(H,36,39)(H,37,40);3-16H2,1-2H3,(H,22,27)(H,28,29)(H,30,31)(H,32,33)/t29-,30+,31-;/m0./s1. The molecular formula is C55H95N7O19. The van der Waals surface area contributed by atoms with E-state index in [1.807, 2.05) is 52.0 Å². The molecule has 0 saturated carbocycles. The zero-order chi connectivity index (χ0) is 60.0. The van der Waals surface area contributed by atoms with Gasteiger partial charge >= 0.3 is 17.9 Å². The molecule has 464 valence electrons. The molecule has 26 nitrogen and oxygen atoms in total. The van der Waals surface area contributed by atoms with Gasteiger partial charge in [-0.25, -0.2) is 5.48 Å². The highest BCUT2D eigenvalue weighted by atomic mass is 16.5. The van der Waals surface area contributed by atoms with Crippen LogP contribution in [-0.4, -0.2) is 253 Å². The first kappa shape index (κ1) is 73.8. The predicted molar refractivity (Wildman–Crippen MR) is 297 cm³/mol. The molecule has 1 aromatic rings. The number of amides is 3. The van der Waals surface area contributed by atoms with Crippen LogP contribution in [0, 0.1) is 17.8 Å². The number of ketones is 2. The number of hydrogen-bond donors (Lipinski definition) is 8. The van der Waals surface area contributed by atoms with E-state index in [0.717, 1.165) is 38.3 Å². The van der Waals surface area contributed by atoms with Gasteiger partial charge in [-0.05, 0) is 89.5 Å². The summed E-state index contributed by atoms with van der Waals surface area (Å²) in [5, 5.41) is 45.5. The number of Topliss-reactive ketones (excluding diaryl/α,β-unsaturated/α-hetero) is 2. The maximum atomic E-state index is 13.6. The lowest BCUT2D eigenvalue weighted by atomic mass is 9.81. The molecule has 0 aromatic heterocycles. The number of aliphatic carboxylic acids is 3. The monoisotopic (exact) mass is 1160 g/mol. The second-order valence-electron chi connectivity index (χ2n) is 19.7. The van der Waals surface area contributed by atoms with Crippen molar-refractivity contribution in [3.8, 4) is 5.75 Å². The molecule has 3 rings (SSSR count). The van der Waals surface area contributed by atoms with Gasteiger partial charge in [0, 0.05) is 78.0 Å². The Balaban J connectivity index is 0.000000843. The smallest absolute Gasteiger partial charge is 0.317 e. The third kappa shape index (κ3) is 39.8. The van der Waals surface area contributed by atoms with Gasteiger partial charge in [-0.15, -0.1) is 0 Å². The fraction of sp³-hybridized carbons (Fsp3) is 0.745. The summed E-state index contributed by atoms with van der Waals surface area (Å²) in [6, 6.07) is 6.73. The van der Waals surface area contributed by atoms with Crippen LogP contribution in [0.15, 0.2) is 24.3 Å². The minimum absolute atomic E-state index is 0.0536. The number of rotatable bonds is 45. The normalized spacial score (nSPS) is 15.6. The van der Waals surface area contributed by atoms with Gasteiger partial charge in [-0.3, -0.25) is 58.3 Å². The number of fused-ring (bicyclic) bond motifs is 11. The molecule has 3 atom stereocenters. The highest BCUT2D eigenvalue weighted by Crippen LogP contribution is 2.27. The minimum atomic E-state index is -1.19. The molecule has 81 heavy (non-hydrogen) atoms. The van der Waals surface area contributed by atoms with Crippen molar-refractivity contribution in [2.24, 2.45) is 17.8 Å². The van der Waals surface area contributed by atoms with Gasteiger partial charge in [0.05, 0.1) is 104 Å². The van der Waals surface area contributed by atoms with Crippen molar-refractivity contribution >= 4 is 47.2 Å². The second kappa shape index (κ2) is 47.3. The molecule has 0 saturated heterocycles. The molecule has 2 heterocycles. The molecule has 2 bridgehead atoms. The van der Waals surface area contributed by atoms with Crippen molar-refractivity contribution in [3.05, 3.63) is 29.8 Å². The van der Waals surface area contributed by atoms with Crippen LogP contribution in [0.2, 0.25) is 0 Å². The van der Waals surface area contributed by atoms with Crippen LogP contribution in [0.4, 0.5) is 0 Å². The van der Waals surface area contributed by atoms with Gasteiger partial charge in [0.2, 0.25) is 17.7 Å². The van der Waals surface area contributed by atoms with E-state index in [4.69, 9.17) is 48.5 Å². The van der Waals surface area contributed by atoms with Crippen LogP contribution in [-0.2, 0) is 73.2 Å². The third-order valence-electron chi connectivity index (χ3n) is 12.2. The van der Waals surface area contributed by atoms with Gasteiger partial charge in [-0.1, -0.05) is 26.0 Å². The Morgan fingerprint density at radius 2 is 1.19 bits per heavy atom. The number of nitrogens with one attached hydrogen (secondary N) is 4. The fourth-order valence-electron chi connectivity index (χ4n) is 8.35. The third-order valence-corrected chi connectivity index (χ3v) is 12.2. The van der Waals surface area contributed by atoms with Crippen molar-refractivity contribution in [2.75, 3.05) is 164 Å². The van der Waals surface area contributed by atoms with Crippen molar-refractivity contribution in [1.82, 2.24) is 36.1 Å². The minimum Gasteiger partial charge on any atom is -0.494 e. The average Bonchev–Trinajstić information content (AvgIpc) is 3.43. The number of nitrogens with zero attached hydrogens (tertiary/aromatic N) is 3. The van der Waals surface area contributed by atoms with Gasteiger partial charge in [-0.2, -0.15) is 0 Å². The molecular weight excluding hydrogens is 1060 g/mol. The van der Waals surface area contributed by atoms with E-state index in [1.54, 1.807) is 10.4 Å². The molecule has 2 aliphatic heterocycles. The Bertz CT molecular complexity index is 1850. The van der Waals surface area contributed by atoms with Crippen LogP contribution in [0.25, 0.3) is 0 Å². The van der Waals surface area contributed by atoms with Crippen molar-refractivity contribution in [2.45, 2.75) is 85.6 Å². The molecule has 26 heteroatoms. The lowest BCUT2D eigenvalue weighted by Crippen LogP contribution is -2.49. The second-order valence-corrected chi connectivity index (χ2v) is 19.7.